The summed E-state index contributed by atoms with van der Waals surface area (Å²) < 4.78 is 34.7. The van der Waals surface area contributed by atoms with Crippen molar-refractivity contribution in [3.63, 3.8) is 0 Å². The van der Waals surface area contributed by atoms with Gasteiger partial charge in [-0.2, -0.15) is 0 Å². The number of para-hydroxylation sites is 3. The first-order chi connectivity index (χ1) is 15.8. The quantitative estimate of drug-likeness (QED) is 0.323. The van der Waals surface area contributed by atoms with Crippen LogP contribution in [0.2, 0.25) is 0 Å². The highest BCUT2D eigenvalue weighted by Crippen LogP contribution is 2.32. The number of anilines is 2. The number of rotatable bonds is 11. The standard InChI is InChI=1S/C24H29N3O5S/c1-25(2)17-10-18-32-23-15-8-6-11-20(23)19-26(21-12-4-3-5-13-21)33(30,31)24-16-9-7-14-22(24)27(28)29/h3-9,11-16,28-29H,10,17-19H2,1-2H3. The van der Waals surface area contributed by atoms with E-state index < -0.39 is 10.0 Å². The molecule has 3 aromatic carbocycles. The summed E-state index contributed by atoms with van der Waals surface area (Å²) in [5, 5.41) is 19.0. The molecule has 0 aromatic heterocycles. The molecule has 0 unspecified atom stereocenters. The van der Waals surface area contributed by atoms with Gasteiger partial charge in [-0.15, -0.1) is 5.23 Å². The molecule has 2 N–H and O–H groups in total. The van der Waals surface area contributed by atoms with E-state index in [0.717, 1.165) is 13.0 Å². The summed E-state index contributed by atoms with van der Waals surface area (Å²) in [7, 11) is -0.183. The second kappa shape index (κ2) is 11.2. The second-order valence-electron chi connectivity index (χ2n) is 7.72. The fraction of sp³-hybridized carbons (Fsp3) is 0.250. The first kappa shape index (κ1) is 24.5. The number of nitrogens with zero attached hydrogens (tertiary/aromatic N) is 3. The van der Waals surface area contributed by atoms with Gasteiger partial charge in [0.25, 0.3) is 10.0 Å². The zero-order valence-electron chi connectivity index (χ0n) is 18.7. The highest BCUT2D eigenvalue weighted by Gasteiger charge is 2.29. The van der Waals surface area contributed by atoms with Gasteiger partial charge in [-0.25, -0.2) is 8.42 Å². The van der Waals surface area contributed by atoms with E-state index in [0.29, 0.717) is 23.6 Å². The van der Waals surface area contributed by atoms with Crippen LogP contribution >= 0.6 is 0 Å². The van der Waals surface area contributed by atoms with Gasteiger partial charge >= 0.3 is 0 Å². The molecule has 0 atom stereocenters. The van der Waals surface area contributed by atoms with E-state index >= 15 is 0 Å². The first-order valence-corrected chi connectivity index (χ1v) is 11.9. The van der Waals surface area contributed by atoms with Crippen LogP contribution in [0.3, 0.4) is 0 Å². The third-order valence-corrected chi connectivity index (χ3v) is 6.81. The van der Waals surface area contributed by atoms with Crippen LogP contribution < -0.4 is 14.3 Å². The van der Waals surface area contributed by atoms with E-state index in [1.807, 2.05) is 38.4 Å². The Morgan fingerprint density at radius 1 is 0.848 bits per heavy atom. The monoisotopic (exact) mass is 471 g/mol. The Hall–Kier alpha value is -3.11. The molecule has 9 heteroatoms. The summed E-state index contributed by atoms with van der Waals surface area (Å²) >= 11 is 0. The lowest BCUT2D eigenvalue weighted by molar-refractivity contribution is 0.0276. The maximum absolute atomic E-state index is 13.7. The van der Waals surface area contributed by atoms with E-state index in [4.69, 9.17) is 4.74 Å². The van der Waals surface area contributed by atoms with Crippen molar-refractivity contribution in [2.24, 2.45) is 0 Å². The van der Waals surface area contributed by atoms with Crippen molar-refractivity contribution in [2.45, 2.75) is 17.9 Å². The molecule has 0 amide bonds. The highest BCUT2D eigenvalue weighted by atomic mass is 32.2. The van der Waals surface area contributed by atoms with Crippen molar-refractivity contribution >= 4 is 21.4 Å². The summed E-state index contributed by atoms with van der Waals surface area (Å²) in [6.07, 6.45) is 0.832. The van der Waals surface area contributed by atoms with Gasteiger partial charge < -0.3 is 9.64 Å². The van der Waals surface area contributed by atoms with Crippen molar-refractivity contribution in [3.05, 3.63) is 84.4 Å². The van der Waals surface area contributed by atoms with Gasteiger partial charge in [0.1, 0.15) is 16.3 Å². The van der Waals surface area contributed by atoms with Crippen LogP contribution in [0.1, 0.15) is 12.0 Å². The van der Waals surface area contributed by atoms with E-state index in [1.165, 1.54) is 28.6 Å². The Balaban J connectivity index is 1.98. The molecule has 0 spiro atoms. The Kier molecular flexibility index (Phi) is 8.29. The molecule has 0 saturated carbocycles. The number of hydrogen-bond donors (Lipinski definition) is 2. The molecule has 8 nitrogen and oxygen atoms in total. The molecule has 0 saturated heterocycles. The van der Waals surface area contributed by atoms with Crippen LogP contribution in [-0.2, 0) is 16.6 Å². The minimum Gasteiger partial charge on any atom is -0.493 e. The van der Waals surface area contributed by atoms with Crippen molar-refractivity contribution in [1.82, 2.24) is 4.90 Å². The topological polar surface area (TPSA) is 93.6 Å². The van der Waals surface area contributed by atoms with Gasteiger partial charge in [0, 0.05) is 12.1 Å². The van der Waals surface area contributed by atoms with Crippen LogP contribution in [0.5, 0.6) is 5.75 Å². The van der Waals surface area contributed by atoms with Crippen molar-refractivity contribution in [2.75, 3.05) is 36.8 Å². The zero-order valence-corrected chi connectivity index (χ0v) is 19.5. The molecular weight excluding hydrogens is 442 g/mol. The van der Waals surface area contributed by atoms with Gasteiger partial charge in [-0.05, 0) is 50.8 Å². The molecule has 3 rings (SSSR count). The van der Waals surface area contributed by atoms with Crippen LogP contribution in [0, 0.1) is 0 Å². The predicted octanol–water partition coefficient (Wildman–Crippen LogP) is 4.00. The van der Waals surface area contributed by atoms with E-state index in [9.17, 15) is 18.8 Å². The molecule has 0 aliphatic heterocycles. The zero-order chi connectivity index (χ0) is 23.8. The minimum atomic E-state index is -4.17. The van der Waals surface area contributed by atoms with Gasteiger partial charge in [-0.1, -0.05) is 48.5 Å². The smallest absolute Gasteiger partial charge is 0.266 e. The van der Waals surface area contributed by atoms with Crippen molar-refractivity contribution in [1.29, 1.82) is 0 Å². The Labute approximate surface area is 194 Å². The molecule has 0 radical (unpaired) electrons. The first-order valence-electron chi connectivity index (χ1n) is 10.5. The van der Waals surface area contributed by atoms with Crippen LogP contribution in [-0.4, -0.2) is 51.0 Å². The minimum absolute atomic E-state index is 0.00138. The lowest BCUT2D eigenvalue weighted by Crippen LogP contribution is -2.32. The predicted molar refractivity (Wildman–Crippen MR) is 127 cm³/mol. The molecule has 176 valence electrons. The third-order valence-electron chi connectivity index (χ3n) is 4.99. The maximum Gasteiger partial charge on any atom is 0.266 e. The molecular formula is C24H29N3O5S. The average Bonchev–Trinajstić information content (AvgIpc) is 2.81. The molecule has 3 aromatic rings. The number of ether oxygens (including phenoxy) is 1. The van der Waals surface area contributed by atoms with Crippen molar-refractivity contribution in [3.8, 4) is 5.75 Å². The van der Waals surface area contributed by atoms with E-state index in [1.54, 1.807) is 30.3 Å². The van der Waals surface area contributed by atoms with Gasteiger partial charge in [-0.3, -0.25) is 14.7 Å². The summed E-state index contributed by atoms with van der Waals surface area (Å²) in [6.45, 7) is 1.38. The highest BCUT2D eigenvalue weighted by molar-refractivity contribution is 7.93. The van der Waals surface area contributed by atoms with Gasteiger partial charge in [0.05, 0.1) is 18.8 Å². The Morgan fingerprint density at radius 3 is 2.18 bits per heavy atom. The van der Waals surface area contributed by atoms with Crippen LogP contribution in [0.25, 0.3) is 0 Å². The fourth-order valence-electron chi connectivity index (χ4n) is 3.36. The molecule has 0 fully saturated rings. The van der Waals surface area contributed by atoms with E-state index in [2.05, 4.69) is 4.90 Å². The van der Waals surface area contributed by atoms with Crippen molar-refractivity contribution < 1.29 is 23.6 Å². The van der Waals surface area contributed by atoms with Gasteiger partial charge in [0.2, 0.25) is 0 Å². The van der Waals surface area contributed by atoms with Crippen LogP contribution in [0.4, 0.5) is 11.4 Å². The Bertz CT molecular complexity index is 1140. The third kappa shape index (κ3) is 6.23. The average molecular weight is 472 g/mol. The largest absolute Gasteiger partial charge is 0.493 e. The SMILES string of the molecule is CN(C)CCCOc1ccccc1CN(c1ccccc1)S(=O)(=O)c1ccccc1N(O)O. The number of benzene rings is 3. The molecule has 0 aliphatic rings. The lowest BCUT2D eigenvalue weighted by Gasteiger charge is -2.27. The molecule has 0 aliphatic carbocycles. The summed E-state index contributed by atoms with van der Waals surface area (Å²) in [6, 6.07) is 21.7. The van der Waals surface area contributed by atoms with E-state index in [-0.39, 0.29) is 22.4 Å². The number of sulfonamides is 1. The second-order valence-corrected chi connectivity index (χ2v) is 9.55. The molecule has 33 heavy (non-hydrogen) atoms. The fourth-order valence-corrected chi connectivity index (χ4v) is 4.97. The maximum atomic E-state index is 13.7. The van der Waals surface area contributed by atoms with Crippen LogP contribution in [0.15, 0.2) is 83.8 Å². The molecule has 0 bridgehead atoms. The summed E-state index contributed by atoms with van der Waals surface area (Å²) in [5.74, 6) is 0.603. The number of hydrogen-bond acceptors (Lipinski definition) is 7. The Morgan fingerprint density at radius 2 is 1.48 bits per heavy atom. The summed E-state index contributed by atoms with van der Waals surface area (Å²) in [5.41, 5.74) is 0.890. The molecule has 0 heterocycles. The summed E-state index contributed by atoms with van der Waals surface area (Å²) in [4.78, 5) is 1.84. The lowest BCUT2D eigenvalue weighted by atomic mass is 10.2. The van der Waals surface area contributed by atoms with Gasteiger partial charge in [0.15, 0.2) is 0 Å². The normalized spacial score (nSPS) is 11.4.